The summed E-state index contributed by atoms with van der Waals surface area (Å²) in [6, 6.07) is 1.93. The lowest BCUT2D eigenvalue weighted by Gasteiger charge is -2.37. The van der Waals surface area contributed by atoms with Crippen LogP contribution < -0.4 is 4.90 Å². The van der Waals surface area contributed by atoms with Crippen LogP contribution in [0.25, 0.3) is 0 Å². The first-order chi connectivity index (χ1) is 7.58. The first-order valence-corrected chi connectivity index (χ1v) is 5.37. The summed E-state index contributed by atoms with van der Waals surface area (Å²) in [5, 5.41) is 8.78. The van der Waals surface area contributed by atoms with Crippen molar-refractivity contribution in [2.45, 2.75) is 19.8 Å². The zero-order valence-electron chi connectivity index (χ0n) is 9.42. The van der Waals surface area contributed by atoms with Crippen molar-refractivity contribution in [3.8, 4) is 0 Å². The second kappa shape index (κ2) is 4.08. The van der Waals surface area contributed by atoms with Crippen LogP contribution in [0.3, 0.4) is 0 Å². The standard InChI is InChI=1S/C11H15N3O2/c1-7(2)9-3-10(13-6-12-9)14-4-8(5-14)11(15)16/h3,6-8H,4-5H2,1-2H3,(H,15,16). The highest BCUT2D eigenvalue weighted by molar-refractivity contribution is 5.74. The molecule has 0 atom stereocenters. The summed E-state index contributed by atoms with van der Waals surface area (Å²) < 4.78 is 0. The van der Waals surface area contributed by atoms with Gasteiger partial charge in [-0.2, -0.15) is 0 Å². The average Bonchev–Trinajstić information content (AvgIpc) is 2.15. The number of carbonyl (C=O) groups is 1. The van der Waals surface area contributed by atoms with Crippen molar-refractivity contribution in [2.24, 2.45) is 5.92 Å². The third kappa shape index (κ3) is 1.98. The Labute approximate surface area is 94.1 Å². The van der Waals surface area contributed by atoms with Gasteiger partial charge in [0.05, 0.1) is 5.92 Å². The van der Waals surface area contributed by atoms with Crippen LogP contribution in [0.5, 0.6) is 0 Å². The van der Waals surface area contributed by atoms with Crippen LogP contribution in [-0.4, -0.2) is 34.1 Å². The van der Waals surface area contributed by atoms with E-state index in [1.54, 1.807) is 6.33 Å². The van der Waals surface area contributed by atoms with Crippen molar-refractivity contribution in [1.82, 2.24) is 9.97 Å². The number of hydrogen-bond acceptors (Lipinski definition) is 4. The molecule has 5 nitrogen and oxygen atoms in total. The molecule has 0 radical (unpaired) electrons. The predicted octanol–water partition coefficient (Wildman–Crippen LogP) is 1.12. The number of hydrogen-bond donors (Lipinski definition) is 1. The van der Waals surface area contributed by atoms with Crippen molar-refractivity contribution in [3.63, 3.8) is 0 Å². The minimum absolute atomic E-state index is 0.252. The number of anilines is 1. The molecule has 0 saturated carbocycles. The fourth-order valence-corrected chi connectivity index (χ4v) is 1.67. The van der Waals surface area contributed by atoms with Gasteiger partial charge in [-0.25, -0.2) is 9.97 Å². The molecule has 1 saturated heterocycles. The number of carboxylic acids is 1. The molecule has 0 amide bonds. The lowest BCUT2D eigenvalue weighted by Crippen LogP contribution is -2.50. The van der Waals surface area contributed by atoms with Crippen LogP contribution in [0.1, 0.15) is 25.5 Å². The van der Waals surface area contributed by atoms with Gasteiger partial charge in [0, 0.05) is 24.8 Å². The summed E-state index contributed by atoms with van der Waals surface area (Å²) in [6.07, 6.45) is 1.54. The number of aromatic nitrogens is 2. The highest BCUT2D eigenvalue weighted by Crippen LogP contribution is 2.24. The summed E-state index contributed by atoms with van der Waals surface area (Å²) in [5.41, 5.74) is 0.990. The molecule has 16 heavy (non-hydrogen) atoms. The Bertz CT molecular complexity index is 400. The molecule has 1 fully saturated rings. The molecule has 2 heterocycles. The molecule has 1 N–H and O–H groups in total. The summed E-state index contributed by atoms with van der Waals surface area (Å²) in [6.45, 7) is 5.23. The van der Waals surface area contributed by atoms with E-state index < -0.39 is 5.97 Å². The van der Waals surface area contributed by atoms with E-state index in [2.05, 4.69) is 23.8 Å². The average molecular weight is 221 g/mol. The molecule has 1 aromatic heterocycles. The number of rotatable bonds is 3. The molecule has 0 aromatic carbocycles. The normalized spacial score (nSPS) is 16.3. The number of carboxylic acid groups (broad SMARTS) is 1. The Balaban J connectivity index is 2.06. The molecule has 0 aliphatic carbocycles. The summed E-state index contributed by atoms with van der Waals surface area (Å²) in [7, 11) is 0. The van der Waals surface area contributed by atoms with Crippen LogP contribution in [0.15, 0.2) is 12.4 Å². The number of aliphatic carboxylic acids is 1. The summed E-state index contributed by atoms with van der Waals surface area (Å²) in [5.74, 6) is 0.210. The Morgan fingerprint density at radius 1 is 1.50 bits per heavy atom. The fraction of sp³-hybridized carbons (Fsp3) is 0.545. The Morgan fingerprint density at radius 3 is 2.75 bits per heavy atom. The van der Waals surface area contributed by atoms with Crippen LogP contribution in [-0.2, 0) is 4.79 Å². The molecular formula is C11H15N3O2. The van der Waals surface area contributed by atoms with Crippen molar-refractivity contribution >= 4 is 11.8 Å². The van der Waals surface area contributed by atoms with Gasteiger partial charge in [-0.1, -0.05) is 13.8 Å². The van der Waals surface area contributed by atoms with E-state index in [1.807, 2.05) is 11.0 Å². The van der Waals surface area contributed by atoms with Crippen molar-refractivity contribution < 1.29 is 9.90 Å². The zero-order valence-corrected chi connectivity index (χ0v) is 9.42. The third-order valence-electron chi connectivity index (χ3n) is 2.82. The second-order valence-electron chi connectivity index (χ2n) is 4.40. The van der Waals surface area contributed by atoms with E-state index in [9.17, 15) is 4.79 Å². The van der Waals surface area contributed by atoms with Crippen LogP contribution in [0.2, 0.25) is 0 Å². The first kappa shape index (κ1) is 10.9. The molecule has 5 heteroatoms. The largest absolute Gasteiger partial charge is 0.481 e. The second-order valence-corrected chi connectivity index (χ2v) is 4.40. The lowest BCUT2D eigenvalue weighted by atomic mass is 10.0. The van der Waals surface area contributed by atoms with Gasteiger partial charge < -0.3 is 10.0 Å². The van der Waals surface area contributed by atoms with Crippen LogP contribution in [0.4, 0.5) is 5.82 Å². The molecule has 2 rings (SSSR count). The van der Waals surface area contributed by atoms with Gasteiger partial charge in [-0.3, -0.25) is 4.79 Å². The Kier molecular flexibility index (Phi) is 2.77. The van der Waals surface area contributed by atoms with Gasteiger partial charge in [0.25, 0.3) is 0 Å². The SMILES string of the molecule is CC(C)c1cc(N2CC(C(=O)O)C2)ncn1. The van der Waals surface area contributed by atoms with Crippen molar-refractivity contribution in [2.75, 3.05) is 18.0 Å². The van der Waals surface area contributed by atoms with Gasteiger partial charge in [-0.05, 0) is 5.92 Å². The maximum atomic E-state index is 10.7. The molecule has 0 spiro atoms. The maximum absolute atomic E-state index is 10.7. The van der Waals surface area contributed by atoms with E-state index in [0.29, 0.717) is 19.0 Å². The monoisotopic (exact) mass is 221 g/mol. The van der Waals surface area contributed by atoms with Gasteiger partial charge in [0.15, 0.2) is 0 Å². The topological polar surface area (TPSA) is 66.3 Å². The van der Waals surface area contributed by atoms with Crippen LogP contribution >= 0.6 is 0 Å². The fourth-order valence-electron chi connectivity index (χ4n) is 1.67. The van der Waals surface area contributed by atoms with Crippen molar-refractivity contribution in [1.29, 1.82) is 0 Å². The molecule has 86 valence electrons. The molecule has 0 unspecified atom stereocenters. The maximum Gasteiger partial charge on any atom is 0.310 e. The Morgan fingerprint density at radius 2 is 2.19 bits per heavy atom. The van der Waals surface area contributed by atoms with Gasteiger partial charge in [0.1, 0.15) is 12.1 Å². The number of nitrogens with zero attached hydrogens (tertiary/aromatic N) is 3. The van der Waals surface area contributed by atoms with Gasteiger partial charge in [-0.15, -0.1) is 0 Å². The van der Waals surface area contributed by atoms with E-state index >= 15 is 0 Å². The molecule has 1 aliphatic heterocycles. The van der Waals surface area contributed by atoms with E-state index in [0.717, 1.165) is 11.5 Å². The van der Waals surface area contributed by atoms with E-state index in [4.69, 9.17) is 5.11 Å². The van der Waals surface area contributed by atoms with Gasteiger partial charge in [0.2, 0.25) is 0 Å². The highest BCUT2D eigenvalue weighted by atomic mass is 16.4. The summed E-state index contributed by atoms with van der Waals surface area (Å²) in [4.78, 5) is 21.0. The lowest BCUT2D eigenvalue weighted by molar-refractivity contribution is -0.142. The smallest absolute Gasteiger partial charge is 0.310 e. The van der Waals surface area contributed by atoms with E-state index in [1.165, 1.54) is 0 Å². The van der Waals surface area contributed by atoms with E-state index in [-0.39, 0.29) is 5.92 Å². The zero-order chi connectivity index (χ0) is 11.7. The van der Waals surface area contributed by atoms with Gasteiger partial charge >= 0.3 is 5.97 Å². The predicted molar refractivity (Wildman–Crippen MR) is 59.5 cm³/mol. The first-order valence-electron chi connectivity index (χ1n) is 5.37. The molecule has 1 aromatic rings. The molecular weight excluding hydrogens is 206 g/mol. The highest BCUT2D eigenvalue weighted by Gasteiger charge is 2.33. The minimum atomic E-state index is -0.727. The third-order valence-corrected chi connectivity index (χ3v) is 2.82. The van der Waals surface area contributed by atoms with Crippen LogP contribution in [0, 0.1) is 5.92 Å². The Hall–Kier alpha value is -1.65. The minimum Gasteiger partial charge on any atom is -0.481 e. The molecule has 1 aliphatic rings. The molecule has 0 bridgehead atoms. The summed E-state index contributed by atoms with van der Waals surface area (Å²) >= 11 is 0. The van der Waals surface area contributed by atoms with Crippen molar-refractivity contribution in [3.05, 3.63) is 18.1 Å². The quantitative estimate of drug-likeness (QED) is 0.828.